The van der Waals surface area contributed by atoms with E-state index >= 15 is 0 Å². The molecule has 0 saturated carbocycles. The summed E-state index contributed by atoms with van der Waals surface area (Å²) in [6.07, 6.45) is 2.90. The molecule has 0 bridgehead atoms. The minimum Gasteiger partial charge on any atom is -0.495 e. The highest BCUT2D eigenvalue weighted by molar-refractivity contribution is 6.39. The number of rotatable bonds is 6. The predicted molar refractivity (Wildman–Crippen MR) is 108 cm³/mol. The van der Waals surface area contributed by atoms with E-state index in [1.807, 2.05) is 32.0 Å². The Morgan fingerprint density at radius 3 is 2.33 bits per heavy atom. The highest BCUT2D eigenvalue weighted by Gasteiger charge is 2.16. The standard InChI is InChI=1S/C20H22ClN3O3/c1-4-14-7-6-8-15(5-2)18(14)23-19(25)20(26)24-22-12-13-9-10-17(27-3)16(21)11-13/h6-12H,4-5H2,1-3H3,(H,23,25)(H,24,26)/b22-12-. The molecule has 0 saturated heterocycles. The van der Waals surface area contributed by atoms with E-state index in [0.29, 0.717) is 22.0 Å². The molecule has 0 aliphatic rings. The molecule has 0 heterocycles. The molecular weight excluding hydrogens is 366 g/mol. The highest BCUT2D eigenvalue weighted by Crippen LogP contribution is 2.24. The van der Waals surface area contributed by atoms with Crippen LogP contribution in [0, 0.1) is 0 Å². The molecule has 0 radical (unpaired) electrons. The number of methoxy groups -OCH3 is 1. The SMILES string of the molecule is CCc1cccc(CC)c1NC(=O)C(=O)N/N=C\c1ccc(OC)c(Cl)c1. The number of aryl methyl sites for hydroxylation is 2. The van der Waals surface area contributed by atoms with E-state index in [9.17, 15) is 9.59 Å². The quantitative estimate of drug-likeness (QED) is 0.452. The van der Waals surface area contributed by atoms with Crippen LogP contribution >= 0.6 is 11.6 Å². The van der Waals surface area contributed by atoms with Crippen LogP contribution in [0.15, 0.2) is 41.5 Å². The summed E-state index contributed by atoms with van der Waals surface area (Å²) in [5.41, 5.74) is 5.52. The van der Waals surface area contributed by atoms with Gasteiger partial charge >= 0.3 is 11.8 Å². The second-order valence-corrected chi connectivity index (χ2v) is 6.11. The van der Waals surface area contributed by atoms with Gasteiger partial charge in [-0.05, 0) is 47.7 Å². The third-order valence-corrected chi connectivity index (χ3v) is 4.29. The lowest BCUT2D eigenvalue weighted by Crippen LogP contribution is -2.33. The summed E-state index contributed by atoms with van der Waals surface area (Å²) in [7, 11) is 1.52. The fourth-order valence-corrected chi connectivity index (χ4v) is 2.82. The van der Waals surface area contributed by atoms with Crippen molar-refractivity contribution in [2.24, 2.45) is 5.10 Å². The van der Waals surface area contributed by atoms with Crippen molar-refractivity contribution in [1.82, 2.24) is 5.43 Å². The molecule has 27 heavy (non-hydrogen) atoms. The van der Waals surface area contributed by atoms with Gasteiger partial charge in [0.2, 0.25) is 0 Å². The van der Waals surface area contributed by atoms with Gasteiger partial charge in [0.1, 0.15) is 5.75 Å². The summed E-state index contributed by atoms with van der Waals surface area (Å²) in [6, 6.07) is 10.9. The summed E-state index contributed by atoms with van der Waals surface area (Å²) in [5.74, 6) is -1.08. The molecule has 2 N–H and O–H groups in total. The maximum absolute atomic E-state index is 12.2. The molecule has 2 aromatic rings. The molecule has 0 atom stereocenters. The van der Waals surface area contributed by atoms with E-state index in [-0.39, 0.29) is 0 Å². The normalized spacial score (nSPS) is 10.7. The van der Waals surface area contributed by atoms with Crippen LogP contribution in [0.2, 0.25) is 5.02 Å². The zero-order valence-electron chi connectivity index (χ0n) is 15.5. The highest BCUT2D eigenvalue weighted by atomic mass is 35.5. The Kier molecular flexibility index (Phi) is 7.37. The van der Waals surface area contributed by atoms with E-state index in [1.54, 1.807) is 18.2 Å². The van der Waals surface area contributed by atoms with Crippen LogP contribution < -0.4 is 15.5 Å². The lowest BCUT2D eigenvalue weighted by Gasteiger charge is -2.13. The fourth-order valence-electron chi connectivity index (χ4n) is 2.55. The number of carbonyl (C=O) groups excluding carboxylic acids is 2. The molecule has 6 nitrogen and oxygen atoms in total. The summed E-state index contributed by atoms with van der Waals surface area (Å²) in [5, 5.41) is 6.92. The molecular formula is C20H22ClN3O3. The van der Waals surface area contributed by atoms with Crippen molar-refractivity contribution in [1.29, 1.82) is 0 Å². The Labute approximate surface area is 163 Å². The lowest BCUT2D eigenvalue weighted by atomic mass is 10.0. The molecule has 0 aromatic heterocycles. The number of hydrogen-bond acceptors (Lipinski definition) is 4. The largest absolute Gasteiger partial charge is 0.495 e. The van der Waals surface area contributed by atoms with Gasteiger partial charge in [0.25, 0.3) is 0 Å². The summed E-state index contributed by atoms with van der Waals surface area (Å²) >= 11 is 6.03. The number of nitrogens with one attached hydrogen (secondary N) is 2. The van der Waals surface area contributed by atoms with Gasteiger partial charge < -0.3 is 10.1 Å². The van der Waals surface area contributed by atoms with Crippen molar-refractivity contribution >= 4 is 35.3 Å². The number of anilines is 1. The first-order chi connectivity index (χ1) is 13.0. The maximum Gasteiger partial charge on any atom is 0.329 e. The molecule has 142 valence electrons. The van der Waals surface area contributed by atoms with E-state index in [0.717, 1.165) is 24.0 Å². The average molecular weight is 388 g/mol. The average Bonchev–Trinajstić information content (AvgIpc) is 2.68. The van der Waals surface area contributed by atoms with Crippen molar-refractivity contribution in [3.8, 4) is 5.75 Å². The lowest BCUT2D eigenvalue weighted by molar-refractivity contribution is -0.136. The Balaban J connectivity index is 2.02. The fraction of sp³-hybridized carbons (Fsp3) is 0.250. The first-order valence-corrected chi connectivity index (χ1v) is 8.96. The smallest absolute Gasteiger partial charge is 0.329 e. The zero-order valence-corrected chi connectivity index (χ0v) is 16.3. The summed E-state index contributed by atoms with van der Waals surface area (Å²) in [6.45, 7) is 3.99. The van der Waals surface area contributed by atoms with Gasteiger partial charge in [-0.1, -0.05) is 43.6 Å². The van der Waals surface area contributed by atoms with E-state index in [4.69, 9.17) is 16.3 Å². The maximum atomic E-state index is 12.2. The van der Waals surface area contributed by atoms with Crippen molar-refractivity contribution in [2.75, 3.05) is 12.4 Å². The van der Waals surface area contributed by atoms with Crippen LogP contribution in [0.25, 0.3) is 0 Å². The molecule has 0 unspecified atom stereocenters. The molecule has 0 aliphatic carbocycles. The molecule has 2 rings (SSSR count). The zero-order chi connectivity index (χ0) is 19.8. The summed E-state index contributed by atoms with van der Waals surface area (Å²) < 4.78 is 5.07. The number of carbonyl (C=O) groups is 2. The van der Waals surface area contributed by atoms with Gasteiger partial charge in [-0.3, -0.25) is 9.59 Å². The number of nitrogens with zero attached hydrogens (tertiary/aromatic N) is 1. The van der Waals surface area contributed by atoms with Crippen LogP contribution in [0.3, 0.4) is 0 Å². The van der Waals surface area contributed by atoms with E-state index in [1.165, 1.54) is 13.3 Å². The van der Waals surface area contributed by atoms with Crippen LogP contribution in [-0.4, -0.2) is 25.1 Å². The molecule has 0 spiro atoms. The molecule has 2 aromatic carbocycles. The van der Waals surface area contributed by atoms with E-state index in [2.05, 4.69) is 15.8 Å². The van der Waals surface area contributed by atoms with Gasteiger partial charge in [0.05, 0.1) is 18.3 Å². The predicted octanol–water partition coefficient (Wildman–Crippen LogP) is 3.56. The minimum absolute atomic E-state index is 0.425. The second-order valence-electron chi connectivity index (χ2n) is 5.71. The van der Waals surface area contributed by atoms with Crippen molar-refractivity contribution in [3.05, 3.63) is 58.1 Å². The summed E-state index contributed by atoms with van der Waals surface area (Å²) in [4.78, 5) is 24.2. The van der Waals surface area contributed by atoms with Crippen LogP contribution in [0.1, 0.15) is 30.5 Å². The Hall–Kier alpha value is -2.86. The number of hydrogen-bond donors (Lipinski definition) is 2. The van der Waals surface area contributed by atoms with E-state index < -0.39 is 11.8 Å². The number of amides is 2. The third kappa shape index (κ3) is 5.31. The van der Waals surface area contributed by atoms with Crippen LogP contribution in [0.5, 0.6) is 5.75 Å². The Morgan fingerprint density at radius 1 is 1.11 bits per heavy atom. The van der Waals surface area contributed by atoms with Crippen molar-refractivity contribution in [2.45, 2.75) is 26.7 Å². The van der Waals surface area contributed by atoms with Crippen LogP contribution in [-0.2, 0) is 22.4 Å². The third-order valence-electron chi connectivity index (χ3n) is 4.00. The Bertz CT molecular complexity index is 843. The number of hydrazone groups is 1. The van der Waals surface area contributed by atoms with Gasteiger partial charge in [0, 0.05) is 5.69 Å². The van der Waals surface area contributed by atoms with Gasteiger partial charge in [-0.15, -0.1) is 0 Å². The number of para-hydroxylation sites is 1. The first kappa shape index (κ1) is 20.5. The van der Waals surface area contributed by atoms with Crippen molar-refractivity contribution in [3.63, 3.8) is 0 Å². The molecule has 2 amide bonds. The second kappa shape index (κ2) is 9.73. The van der Waals surface area contributed by atoms with Gasteiger partial charge in [-0.2, -0.15) is 5.10 Å². The number of benzene rings is 2. The monoisotopic (exact) mass is 387 g/mol. The number of halogens is 1. The van der Waals surface area contributed by atoms with Crippen molar-refractivity contribution < 1.29 is 14.3 Å². The van der Waals surface area contributed by atoms with Gasteiger partial charge in [-0.25, -0.2) is 5.43 Å². The van der Waals surface area contributed by atoms with Gasteiger partial charge in [0.15, 0.2) is 0 Å². The van der Waals surface area contributed by atoms with Crippen LogP contribution in [0.4, 0.5) is 5.69 Å². The number of ether oxygens (including phenoxy) is 1. The first-order valence-electron chi connectivity index (χ1n) is 8.58. The Morgan fingerprint density at radius 2 is 1.78 bits per heavy atom. The molecule has 0 aliphatic heterocycles. The minimum atomic E-state index is -0.848. The topological polar surface area (TPSA) is 79.8 Å². The molecule has 0 fully saturated rings. The molecule has 7 heteroatoms.